The smallest absolute Gasteiger partial charge is 0.191 e. The number of ether oxygens (including phenoxy) is 2. The van der Waals surface area contributed by atoms with Crippen molar-refractivity contribution in [3.8, 4) is 11.5 Å². The van der Waals surface area contributed by atoms with Gasteiger partial charge in [0.1, 0.15) is 0 Å². The molecule has 1 unspecified atom stereocenters. The van der Waals surface area contributed by atoms with E-state index in [1.807, 2.05) is 49.4 Å². The average Bonchev–Trinajstić information content (AvgIpc) is 2.76. The molecule has 164 valence electrons. The fourth-order valence-corrected chi connectivity index (χ4v) is 4.02. The number of nitrogens with zero attached hydrogens (tertiary/aromatic N) is 1. The van der Waals surface area contributed by atoms with Crippen molar-refractivity contribution in [1.29, 1.82) is 0 Å². The summed E-state index contributed by atoms with van der Waals surface area (Å²) in [4.78, 5) is 4.23. The van der Waals surface area contributed by atoms with E-state index < -0.39 is 10.8 Å². The summed E-state index contributed by atoms with van der Waals surface area (Å²) in [5, 5.41) is 6.54. The topological polar surface area (TPSA) is 72.0 Å². The summed E-state index contributed by atoms with van der Waals surface area (Å²) in [6.45, 7) is 3.99. The number of methoxy groups -OCH3 is 1. The van der Waals surface area contributed by atoms with E-state index in [4.69, 9.17) is 9.47 Å². The molecular formula is C23H33N3O3S. The molecule has 2 aromatic rings. The molecule has 2 rings (SSSR count). The summed E-state index contributed by atoms with van der Waals surface area (Å²) in [5.74, 6) is 3.44. The van der Waals surface area contributed by atoms with Gasteiger partial charge in [-0.3, -0.25) is 9.20 Å². The van der Waals surface area contributed by atoms with Crippen LogP contribution < -0.4 is 20.1 Å². The van der Waals surface area contributed by atoms with Crippen molar-refractivity contribution in [2.75, 3.05) is 39.6 Å². The van der Waals surface area contributed by atoms with E-state index in [9.17, 15) is 4.21 Å². The molecule has 2 aromatic carbocycles. The minimum atomic E-state index is -0.896. The van der Waals surface area contributed by atoms with Crippen LogP contribution in [0.2, 0.25) is 0 Å². The number of guanidine groups is 1. The minimum Gasteiger partial charge on any atom is -0.493 e. The summed E-state index contributed by atoms with van der Waals surface area (Å²) in [6, 6.07) is 16.0. The van der Waals surface area contributed by atoms with Crippen LogP contribution in [0.1, 0.15) is 24.5 Å². The molecule has 7 heteroatoms. The summed E-state index contributed by atoms with van der Waals surface area (Å²) < 4.78 is 23.2. The monoisotopic (exact) mass is 431 g/mol. The number of aryl methyl sites for hydroxylation is 1. The van der Waals surface area contributed by atoms with Gasteiger partial charge in [-0.1, -0.05) is 36.4 Å². The molecular weight excluding hydrogens is 398 g/mol. The quantitative estimate of drug-likeness (QED) is 0.307. The maximum absolute atomic E-state index is 12.2. The van der Waals surface area contributed by atoms with Crippen molar-refractivity contribution in [1.82, 2.24) is 10.6 Å². The number of rotatable bonds is 12. The van der Waals surface area contributed by atoms with Crippen molar-refractivity contribution in [2.24, 2.45) is 4.99 Å². The molecule has 0 aliphatic rings. The Morgan fingerprint density at radius 1 is 1.03 bits per heavy atom. The van der Waals surface area contributed by atoms with Gasteiger partial charge in [-0.05, 0) is 43.0 Å². The Kier molecular flexibility index (Phi) is 10.8. The highest BCUT2D eigenvalue weighted by Gasteiger charge is 2.06. The summed E-state index contributed by atoms with van der Waals surface area (Å²) in [6.07, 6.45) is 1.88. The van der Waals surface area contributed by atoms with Crippen molar-refractivity contribution in [3.05, 3.63) is 59.7 Å². The lowest BCUT2D eigenvalue weighted by Gasteiger charge is -2.13. The van der Waals surface area contributed by atoms with Crippen LogP contribution in [0.4, 0.5) is 0 Å². The maximum atomic E-state index is 12.2. The minimum absolute atomic E-state index is 0.583. The first kappa shape index (κ1) is 23.7. The Morgan fingerprint density at radius 3 is 2.50 bits per heavy atom. The third-order valence-electron chi connectivity index (χ3n) is 4.48. The molecule has 0 amide bonds. The second kappa shape index (κ2) is 13.6. The fourth-order valence-electron chi connectivity index (χ4n) is 2.98. The molecule has 0 saturated heterocycles. The number of aliphatic imine (C=N–C) groups is 1. The predicted molar refractivity (Wildman–Crippen MR) is 125 cm³/mol. The van der Waals surface area contributed by atoms with Crippen molar-refractivity contribution in [3.63, 3.8) is 0 Å². The Hall–Kier alpha value is -2.54. The van der Waals surface area contributed by atoms with Gasteiger partial charge in [0.15, 0.2) is 17.5 Å². The van der Waals surface area contributed by atoms with Gasteiger partial charge < -0.3 is 20.1 Å². The Labute approximate surface area is 182 Å². The highest BCUT2D eigenvalue weighted by atomic mass is 32.2. The maximum Gasteiger partial charge on any atom is 0.191 e. The Balaban J connectivity index is 1.67. The zero-order chi connectivity index (χ0) is 21.6. The van der Waals surface area contributed by atoms with E-state index in [1.165, 1.54) is 5.56 Å². The van der Waals surface area contributed by atoms with Crippen LogP contribution in [-0.2, 0) is 23.0 Å². The summed E-state index contributed by atoms with van der Waals surface area (Å²) in [7, 11) is 2.50. The van der Waals surface area contributed by atoms with Gasteiger partial charge in [0, 0.05) is 42.4 Å². The standard InChI is InChI=1S/C23H33N3O3S/c1-4-29-22-17-19(12-13-21(22)28-3)11-8-14-25-23(24-2)26-15-16-30(27)18-20-9-6-5-7-10-20/h5-7,9-10,12-13,17H,4,8,11,14-16,18H2,1-3H3,(H2,24,25,26). The lowest BCUT2D eigenvalue weighted by atomic mass is 10.1. The molecule has 0 aliphatic carbocycles. The van der Waals surface area contributed by atoms with Crippen LogP contribution in [0, 0.1) is 0 Å². The van der Waals surface area contributed by atoms with Crippen LogP contribution in [0.3, 0.4) is 0 Å². The van der Waals surface area contributed by atoms with Gasteiger partial charge >= 0.3 is 0 Å². The van der Waals surface area contributed by atoms with E-state index in [0.717, 1.165) is 42.4 Å². The zero-order valence-corrected chi connectivity index (χ0v) is 19.0. The molecule has 0 spiro atoms. The van der Waals surface area contributed by atoms with Crippen molar-refractivity contribution < 1.29 is 13.7 Å². The molecule has 0 fully saturated rings. The summed E-state index contributed by atoms with van der Waals surface area (Å²) in [5.41, 5.74) is 2.31. The highest BCUT2D eigenvalue weighted by molar-refractivity contribution is 7.84. The predicted octanol–water partition coefficient (Wildman–Crippen LogP) is 3.14. The molecule has 30 heavy (non-hydrogen) atoms. The van der Waals surface area contributed by atoms with E-state index in [1.54, 1.807) is 14.2 Å². The molecule has 0 radical (unpaired) electrons. The second-order valence-electron chi connectivity index (χ2n) is 6.72. The third-order valence-corrected chi connectivity index (χ3v) is 5.79. The van der Waals surface area contributed by atoms with E-state index in [2.05, 4.69) is 21.7 Å². The zero-order valence-electron chi connectivity index (χ0n) is 18.1. The molecule has 0 saturated carbocycles. The second-order valence-corrected chi connectivity index (χ2v) is 8.30. The lowest BCUT2D eigenvalue weighted by Crippen LogP contribution is -2.39. The van der Waals surface area contributed by atoms with E-state index in [0.29, 0.717) is 24.7 Å². The Bertz CT molecular complexity index is 813. The van der Waals surface area contributed by atoms with Gasteiger partial charge in [-0.25, -0.2) is 0 Å². The first-order valence-corrected chi connectivity index (χ1v) is 11.8. The number of nitrogens with one attached hydrogen (secondary N) is 2. The summed E-state index contributed by atoms with van der Waals surface area (Å²) >= 11 is 0. The molecule has 2 N–H and O–H groups in total. The average molecular weight is 432 g/mol. The molecule has 0 aliphatic heterocycles. The first-order chi connectivity index (χ1) is 14.7. The molecule has 1 atom stereocenters. The van der Waals surface area contributed by atoms with E-state index in [-0.39, 0.29) is 0 Å². The van der Waals surface area contributed by atoms with Crippen LogP contribution in [0.25, 0.3) is 0 Å². The first-order valence-electron chi connectivity index (χ1n) is 10.3. The van der Waals surface area contributed by atoms with E-state index >= 15 is 0 Å². The number of benzene rings is 2. The van der Waals surface area contributed by atoms with Crippen LogP contribution in [0.5, 0.6) is 11.5 Å². The van der Waals surface area contributed by atoms with Gasteiger partial charge in [0.2, 0.25) is 0 Å². The van der Waals surface area contributed by atoms with Crippen molar-refractivity contribution >= 4 is 16.8 Å². The lowest BCUT2D eigenvalue weighted by molar-refractivity contribution is 0.310. The van der Waals surface area contributed by atoms with Gasteiger partial charge in [-0.15, -0.1) is 0 Å². The number of hydrogen-bond donors (Lipinski definition) is 2. The fraction of sp³-hybridized carbons (Fsp3) is 0.435. The highest BCUT2D eigenvalue weighted by Crippen LogP contribution is 2.28. The molecule has 6 nitrogen and oxygen atoms in total. The largest absolute Gasteiger partial charge is 0.493 e. The third kappa shape index (κ3) is 8.45. The Morgan fingerprint density at radius 2 is 1.80 bits per heavy atom. The number of hydrogen-bond acceptors (Lipinski definition) is 4. The molecule has 0 heterocycles. The van der Waals surface area contributed by atoms with Crippen LogP contribution in [-0.4, -0.2) is 49.8 Å². The van der Waals surface area contributed by atoms with Crippen molar-refractivity contribution in [2.45, 2.75) is 25.5 Å². The molecule has 0 aromatic heterocycles. The van der Waals surface area contributed by atoms with Gasteiger partial charge in [0.25, 0.3) is 0 Å². The van der Waals surface area contributed by atoms with Crippen LogP contribution in [0.15, 0.2) is 53.5 Å². The normalized spacial score (nSPS) is 12.3. The molecule has 0 bridgehead atoms. The van der Waals surface area contributed by atoms with Crippen LogP contribution >= 0.6 is 0 Å². The van der Waals surface area contributed by atoms with Gasteiger partial charge in [0.05, 0.1) is 13.7 Å². The van der Waals surface area contributed by atoms with Gasteiger partial charge in [-0.2, -0.15) is 0 Å². The SMILES string of the molecule is CCOc1cc(CCCNC(=NC)NCCS(=O)Cc2ccccc2)ccc1OC.